The Labute approximate surface area is 205 Å². The predicted molar refractivity (Wildman–Crippen MR) is 131 cm³/mol. The van der Waals surface area contributed by atoms with Crippen LogP contribution in [0.15, 0.2) is 45.3 Å². The first-order valence-electron chi connectivity index (χ1n) is 10.7. The number of halogens is 2. The molecular formula is C24H28Br2N2O4. The van der Waals surface area contributed by atoms with E-state index in [1.807, 2.05) is 50.2 Å². The van der Waals surface area contributed by atoms with E-state index in [2.05, 4.69) is 42.5 Å². The number of amides is 2. The third-order valence-corrected chi connectivity index (χ3v) is 7.24. The van der Waals surface area contributed by atoms with Crippen LogP contribution in [0.3, 0.4) is 0 Å². The summed E-state index contributed by atoms with van der Waals surface area (Å²) < 4.78 is 13.2. The van der Waals surface area contributed by atoms with Crippen molar-refractivity contribution in [2.45, 2.75) is 51.6 Å². The fourth-order valence-electron chi connectivity index (χ4n) is 3.68. The lowest BCUT2D eigenvalue weighted by atomic mass is 9.90. The quantitative estimate of drug-likeness (QED) is 0.479. The van der Waals surface area contributed by atoms with Crippen molar-refractivity contribution in [3.63, 3.8) is 0 Å². The maximum atomic E-state index is 12.5. The molecule has 2 aromatic rings. The Bertz CT molecular complexity index is 890. The van der Waals surface area contributed by atoms with Crippen LogP contribution < -0.4 is 20.1 Å². The Kier molecular flexibility index (Phi) is 8.99. The van der Waals surface area contributed by atoms with Gasteiger partial charge in [0.25, 0.3) is 11.8 Å². The van der Waals surface area contributed by atoms with Crippen LogP contribution in [0.2, 0.25) is 0 Å². The smallest absolute Gasteiger partial charge is 0.258 e. The van der Waals surface area contributed by atoms with E-state index < -0.39 is 0 Å². The molecule has 3 rings (SSSR count). The van der Waals surface area contributed by atoms with E-state index in [0.29, 0.717) is 11.5 Å². The number of nitrogens with one attached hydrogen (secondary N) is 2. The van der Waals surface area contributed by atoms with Crippen molar-refractivity contribution >= 4 is 43.7 Å². The second kappa shape index (κ2) is 11.7. The molecule has 0 aromatic heterocycles. The summed E-state index contributed by atoms with van der Waals surface area (Å²) in [5, 5.41) is 6.05. The number of hydrogen-bond donors (Lipinski definition) is 2. The van der Waals surface area contributed by atoms with Gasteiger partial charge in [0.1, 0.15) is 11.5 Å². The molecule has 0 spiro atoms. The van der Waals surface area contributed by atoms with Gasteiger partial charge in [-0.05, 0) is 74.2 Å². The number of rotatable bonds is 8. The van der Waals surface area contributed by atoms with Crippen molar-refractivity contribution in [2.24, 2.45) is 0 Å². The lowest BCUT2D eigenvalue weighted by molar-refractivity contribution is -0.127. The summed E-state index contributed by atoms with van der Waals surface area (Å²) in [6.45, 7) is 3.80. The Balaban J connectivity index is 1.47. The van der Waals surface area contributed by atoms with E-state index in [9.17, 15) is 9.59 Å². The molecule has 0 radical (unpaired) electrons. The van der Waals surface area contributed by atoms with Gasteiger partial charge in [0.15, 0.2) is 13.2 Å². The SMILES string of the molecule is Cc1cc(OCC(=O)N[C@H]2CCCC[C@H]2NC(=O)COc2ccc(Br)c(C)c2)ccc1Br. The van der Waals surface area contributed by atoms with Crippen molar-refractivity contribution in [1.29, 1.82) is 0 Å². The molecular weight excluding hydrogens is 540 g/mol. The van der Waals surface area contributed by atoms with Crippen LogP contribution in [0.1, 0.15) is 36.8 Å². The number of carbonyl (C=O) groups is 2. The highest BCUT2D eigenvalue weighted by Gasteiger charge is 2.28. The van der Waals surface area contributed by atoms with Gasteiger partial charge in [0.05, 0.1) is 0 Å². The van der Waals surface area contributed by atoms with Gasteiger partial charge in [0, 0.05) is 21.0 Å². The van der Waals surface area contributed by atoms with Crippen LogP contribution in [-0.4, -0.2) is 37.1 Å². The number of hydrogen-bond acceptors (Lipinski definition) is 4. The Hall–Kier alpha value is -2.06. The Morgan fingerprint density at radius 3 is 1.59 bits per heavy atom. The molecule has 1 saturated carbocycles. The Morgan fingerprint density at radius 2 is 1.22 bits per heavy atom. The van der Waals surface area contributed by atoms with E-state index in [1.54, 1.807) is 0 Å². The van der Waals surface area contributed by atoms with E-state index in [4.69, 9.17) is 9.47 Å². The van der Waals surface area contributed by atoms with Crippen LogP contribution in [0.5, 0.6) is 11.5 Å². The molecule has 0 bridgehead atoms. The summed E-state index contributed by atoms with van der Waals surface area (Å²) in [5.74, 6) is 0.904. The van der Waals surface area contributed by atoms with Crippen molar-refractivity contribution in [2.75, 3.05) is 13.2 Å². The number of carbonyl (C=O) groups excluding carboxylic acids is 2. The second-order valence-electron chi connectivity index (χ2n) is 8.03. The second-order valence-corrected chi connectivity index (χ2v) is 9.74. The summed E-state index contributed by atoms with van der Waals surface area (Å²) >= 11 is 6.90. The molecule has 0 aliphatic heterocycles. The first kappa shape index (κ1) is 24.6. The third kappa shape index (κ3) is 7.24. The zero-order chi connectivity index (χ0) is 23.1. The largest absolute Gasteiger partial charge is 0.484 e. The highest BCUT2D eigenvalue weighted by molar-refractivity contribution is 9.10. The predicted octanol–water partition coefficient (Wildman–Crippen LogP) is 4.83. The third-order valence-electron chi connectivity index (χ3n) is 5.46. The van der Waals surface area contributed by atoms with Gasteiger partial charge in [0.2, 0.25) is 0 Å². The maximum absolute atomic E-state index is 12.5. The highest BCUT2D eigenvalue weighted by Crippen LogP contribution is 2.23. The molecule has 2 aromatic carbocycles. The Morgan fingerprint density at radius 1 is 0.812 bits per heavy atom. The van der Waals surface area contributed by atoms with E-state index in [0.717, 1.165) is 45.8 Å². The van der Waals surface area contributed by atoms with Crippen molar-refractivity contribution < 1.29 is 19.1 Å². The zero-order valence-corrected chi connectivity index (χ0v) is 21.4. The fraction of sp³-hybridized carbons (Fsp3) is 0.417. The molecule has 1 aliphatic rings. The van der Waals surface area contributed by atoms with Crippen molar-refractivity contribution in [1.82, 2.24) is 10.6 Å². The van der Waals surface area contributed by atoms with Crippen LogP contribution in [0.4, 0.5) is 0 Å². The minimum atomic E-state index is -0.196. The normalized spacial score (nSPS) is 18.0. The first-order valence-corrected chi connectivity index (χ1v) is 12.3. The van der Waals surface area contributed by atoms with Gasteiger partial charge in [-0.15, -0.1) is 0 Å². The molecule has 2 amide bonds. The molecule has 32 heavy (non-hydrogen) atoms. The van der Waals surface area contributed by atoms with Gasteiger partial charge in [-0.1, -0.05) is 44.7 Å². The first-order chi connectivity index (χ1) is 15.3. The van der Waals surface area contributed by atoms with Crippen LogP contribution in [-0.2, 0) is 9.59 Å². The zero-order valence-electron chi connectivity index (χ0n) is 18.3. The molecule has 2 atom stereocenters. The molecule has 1 fully saturated rings. The van der Waals surface area contributed by atoms with Crippen LogP contribution >= 0.6 is 31.9 Å². The van der Waals surface area contributed by atoms with Gasteiger partial charge in [-0.3, -0.25) is 9.59 Å². The average Bonchev–Trinajstić information content (AvgIpc) is 2.77. The van der Waals surface area contributed by atoms with E-state index in [-0.39, 0.29) is 37.1 Å². The molecule has 172 valence electrons. The summed E-state index contributed by atoms with van der Waals surface area (Å²) in [6, 6.07) is 11.0. The molecule has 8 heteroatoms. The van der Waals surface area contributed by atoms with Crippen molar-refractivity contribution in [3.8, 4) is 11.5 Å². The van der Waals surface area contributed by atoms with Gasteiger partial charge in [-0.25, -0.2) is 0 Å². The number of benzene rings is 2. The van der Waals surface area contributed by atoms with Crippen molar-refractivity contribution in [3.05, 3.63) is 56.5 Å². The van der Waals surface area contributed by atoms with Gasteiger partial charge >= 0.3 is 0 Å². The summed E-state index contributed by atoms with van der Waals surface area (Å²) in [6.07, 6.45) is 3.67. The monoisotopic (exact) mass is 566 g/mol. The number of aryl methyl sites for hydroxylation is 2. The molecule has 0 saturated heterocycles. The lowest BCUT2D eigenvalue weighted by Crippen LogP contribution is -2.54. The van der Waals surface area contributed by atoms with Gasteiger partial charge in [-0.2, -0.15) is 0 Å². The lowest BCUT2D eigenvalue weighted by Gasteiger charge is -2.32. The molecule has 2 N–H and O–H groups in total. The minimum absolute atomic E-state index is 0.0652. The van der Waals surface area contributed by atoms with E-state index >= 15 is 0 Å². The topological polar surface area (TPSA) is 76.7 Å². The average molecular weight is 568 g/mol. The summed E-state index contributed by atoms with van der Waals surface area (Å²) in [5.41, 5.74) is 2.08. The summed E-state index contributed by atoms with van der Waals surface area (Å²) in [4.78, 5) is 24.9. The molecule has 0 heterocycles. The standard InChI is InChI=1S/C24H28Br2N2O4/c1-15-11-17(7-9-19(15)25)31-13-23(29)27-21-5-3-4-6-22(21)28-24(30)14-32-18-8-10-20(26)16(2)12-18/h7-12,21-22H,3-6,13-14H2,1-2H3,(H,27,29)(H,28,30)/t21-,22+. The maximum Gasteiger partial charge on any atom is 0.258 e. The van der Waals surface area contributed by atoms with E-state index in [1.165, 1.54) is 0 Å². The molecule has 6 nitrogen and oxygen atoms in total. The molecule has 1 aliphatic carbocycles. The number of ether oxygens (including phenoxy) is 2. The minimum Gasteiger partial charge on any atom is -0.484 e. The molecule has 0 unspecified atom stereocenters. The summed E-state index contributed by atoms with van der Waals surface area (Å²) in [7, 11) is 0. The van der Waals surface area contributed by atoms with Gasteiger partial charge < -0.3 is 20.1 Å². The van der Waals surface area contributed by atoms with Crippen LogP contribution in [0, 0.1) is 13.8 Å². The van der Waals surface area contributed by atoms with Crippen LogP contribution in [0.25, 0.3) is 0 Å². The highest BCUT2D eigenvalue weighted by atomic mass is 79.9. The fourth-order valence-corrected chi connectivity index (χ4v) is 4.18.